The van der Waals surface area contributed by atoms with E-state index in [0.29, 0.717) is 29.4 Å². The Kier molecular flexibility index (Phi) is 7.61. The summed E-state index contributed by atoms with van der Waals surface area (Å²) in [5.74, 6) is 12.2. The normalized spacial score (nSPS) is 10.8. The number of anilines is 1. The highest BCUT2D eigenvalue weighted by Crippen LogP contribution is 2.31. The summed E-state index contributed by atoms with van der Waals surface area (Å²) in [4.78, 5) is 24.1. The molecular formula is C24H29ClN6O3. The molecule has 34 heavy (non-hydrogen) atoms. The maximum atomic E-state index is 12.2. The summed E-state index contributed by atoms with van der Waals surface area (Å²) >= 11 is 5.77. The average molecular weight is 485 g/mol. The first-order chi connectivity index (χ1) is 16.1. The SMILES string of the molecule is CCn1nc(-c2ccc(OCc3c(C)cccc3N(N)C(=O)N(C)N)c(C)c2)c(C)c1C(=O)Cl. The maximum absolute atomic E-state index is 12.2. The third-order valence-electron chi connectivity index (χ3n) is 5.65. The molecule has 0 aliphatic heterocycles. The zero-order chi connectivity index (χ0) is 25.2. The molecule has 0 aliphatic carbocycles. The van der Waals surface area contributed by atoms with Gasteiger partial charge < -0.3 is 4.74 Å². The summed E-state index contributed by atoms with van der Waals surface area (Å²) in [5, 5.41) is 5.95. The van der Waals surface area contributed by atoms with Crippen molar-refractivity contribution in [2.75, 3.05) is 12.1 Å². The molecular weight excluding hydrogens is 456 g/mol. The van der Waals surface area contributed by atoms with Gasteiger partial charge in [0.05, 0.1) is 11.4 Å². The van der Waals surface area contributed by atoms with Crippen molar-refractivity contribution >= 4 is 28.6 Å². The number of amides is 2. The van der Waals surface area contributed by atoms with Crippen molar-refractivity contribution in [1.29, 1.82) is 0 Å². The second-order valence-electron chi connectivity index (χ2n) is 8.02. The summed E-state index contributed by atoms with van der Waals surface area (Å²) in [5.41, 5.74) is 5.78. The summed E-state index contributed by atoms with van der Waals surface area (Å²) in [6.45, 7) is 8.33. The summed E-state index contributed by atoms with van der Waals surface area (Å²) in [7, 11) is 1.43. The topological polar surface area (TPSA) is 120 Å². The summed E-state index contributed by atoms with van der Waals surface area (Å²) in [6.07, 6.45) is 0. The Morgan fingerprint density at radius 3 is 2.38 bits per heavy atom. The van der Waals surface area contributed by atoms with Crippen LogP contribution in [0.3, 0.4) is 0 Å². The molecule has 10 heteroatoms. The van der Waals surface area contributed by atoms with Gasteiger partial charge in [0, 0.05) is 30.3 Å². The Balaban J connectivity index is 1.88. The first-order valence-corrected chi connectivity index (χ1v) is 11.1. The van der Waals surface area contributed by atoms with Gasteiger partial charge in [0.25, 0.3) is 5.24 Å². The fourth-order valence-electron chi connectivity index (χ4n) is 3.79. The van der Waals surface area contributed by atoms with E-state index in [1.807, 2.05) is 58.0 Å². The lowest BCUT2D eigenvalue weighted by Crippen LogP contribution is -2.49. The Hall–Kier alpha value is -3.40. The van der Waals surface area contributed by atoms with Gasteiger partial charge in [-0.3, -0.25) is 14.5 Å². The molecule has 0 fully saturated rings. The van der Waals surface area contributed by atoms with Crippen LogP contribution in [0.4, 0.5) is 10.5 Å². The largest absolute Gasteiger partial charge is 0.489 e. The molecule has 3 rings (SSSR count). The lowest BCUT2D eigenvalue weighted by atomic mass is 10.0. The Morgan fingerprint density at radius 1 is 1.12 bits per heavy atom. The number of hydrogen-bond donors (Lipinski definition) is 2. The molecule has 0 saturated carbocycles. The number of ether oxygens (including phenoxy) is 1. The second kappa shape index (κ2) is 10.3. The molecule has 0 unspecified atom stereocenters. The zero-order valence-corrected chi connectivity index (χ0v) is 20.7. The summed E-state index contributed by atoms with van der Waals surface area (Å²) in [6, 6.07) is 10.6. The number of benzene rings is 2. The van der Waals surface area contributed by atoms with Crippen molar-refractivity contribution in [1.82, 2.24) is 14.8 Å². The molecule has 180 valence electrons. The predicted octanol–water partition coefficient (Wildman–Crippen LogP) is 4.06. The molecule has 1 heterocycles. The predicted molar refractivity (Wildman–Crippen MR) is 133 cm³/mol. The first-order valence-electron chi connectivity index (χ1n) is 10.7. The molecule has 0 atom stereocenters. The number of nitrogens with zero attached hydrogens (tertiary/aromatic N) is 4. The molecule has 4 N–H and O–H groups in total. The van der Waals surface area contributed by atoms with Crippen LogP contribution in [0.5, 0.6) is 5.75 Å². The number of rotatable bonds is 7. The number of hydrogen-bond acceptors (Lipinski definition) is 6. The van der Waals surface area contributed by atoms with E-state index in [4.69, 9.17) is 28.0 Å². The van der Waals surface area contributed by atoms with Crippen LogP contribution in [0.15, 0.2) is 36.4 Å². The fraction of sp³-hybridized carbons (Fsp3) is 0.292. The highest BCUT2D eigenvalue weighted by atomic mass is 35.5. The van der Waals surface area contributed by atoms with Gasteiger partial charge >= 0.3 is 6.03 Å². The number of halogens is 1. The third-order valence-corrected chi connectivity index (χ3v) is 5.83. The van der Waals surface area contributed by atoms with E-state index < -0.39 is 11.3 Å². The maximum Gasteiger partial charge on any atom is 0.352 e. The molecule has 0 radical (unpaired) electrons. The molecule has 2 amide bonds. The number of hydrazine groups is 2. The van der Waals surface area contributed by atoms with Crippen LogP contribution in [0, 0.1) is 20.8 Å². The number of carbonyl (C=O) groups excluding carboxylic acids is 2. The van der Waals surface area contributed by atoms with Crippen molar-refractivity contribution < 1.29 is 14.3 Å². The monoisotopic (exact) mass is 484 g/mol. The first kappa shape index (κ1) is 25.2. The highest BCUT2D eigenvalue weighted by molar-refractivity contribution is 6.67. The van der Waals surface area contributed by atoms with Gasteiger partial charge in [-0.2, -0.15) is 5.10 Å². The minimum Gasteiger partial charge on any atom is -0.489 e. The highest BCUT2D eigenvalue weighted by Gasteiger charge is 2.21. The quantitative estimate of drug-likeness (QED) is 0.226. The van der Waals surface area contributed by atoms with Crippen molar-refractivity contribution in [3.8, 4) is 17.0 Å². The van der Waals surface area contributed by atoms with Crippen LogP contribution in [0.25, 0.3) is 11.3 Å². The molecule has 0 saturated heterocycles. The van der Waals surface area contributed by atoms with Crippen LogP contribution in [0.2, 0.25) is 0 Å². The zero-order valence-electron chi connectivity index (χ0n) is 19.9. The summed E-state index contributed by atoms with van der Waals surface area (Å²) < 4.78 is 7.71. The van der Waals surface area contributed by atoms with Crippen molar-refractivity contribution in [3.63, 3.8) is 0 Å². The van der Waals surface area contributed by atoms with E-state index in [1.165, 1.54) is 7.05 Å². The van der Waals surface area contributed by atoms with Crippen molar-refractivity contribution in [3.05, 3.63) is 64.3 Å². The molecule has 0 bridgehead atoms. The van der Waals surface area contributed by atoms with Gasteiger partial charge in [0.1, 0.15) is 18.1 Å². The molecule has 2 aromatic carbocycles. The van der Waals surface area contributed by atoms with E-state index in [1.54, 1.807) is 10.7 Å². The minimum atomic E-state index is -0.552. The van der Waals surface area contributed by atoms with Crippen LogP contribution < -0.4 is 21.4 Å². The van der Waals surface area contributed by atoms with Crippen LogP contribution in [-0.4, -0.2) is 33.1 Å². The molecule has 0 spiro atoms. The second-order valence-corrected chi connectivity index (χ2v) is 8.36. The molecule has 3 aromatic rings. The fourth-order valence-corrected chi connectivity index (χ4v) is 4.02. The van der Waals surface area contributed by atoms with E-state index >= 15 is 0 Å². The van der Waals surface area contributed by atoms with Crippen LogP contribution in [0.1, 0.15) is 39.7 Å². The van der Waals surface area contributed by atoms with Crippen molar-refractivity contribution in [2.45, 2.75) is 40.8 Å². The standard InChI is InChI=1S/C24H29ClN6O3/c1-6-30-22(23(25)32)16(4)21(28-30)17-10-11-20(15(3)12-17)34-13-18-14(2)8-7-9-19(18)31(27)24(33)29(5)26/h7-12H,6,13,26-27H2,1-5H3. The average Bonchev–Trinajstić information content (AvgIpc) is 3.14. The smallest absolute Gasteiger partial charge is 0.352 e. The van der Waals surface area contributed by atoms with Gasteiger partial charge in [0.15, 0.2) is 0 Å². The van der Waals surface area contributed by atoms with Crippen LogP contribution in [-0.2, 0) is 13.2 Å². The van der Waals surface area contributed by atoms with Gasteiger partial charge in [-0.15, -0.1) is 0 Å². The number of urea groups is 1. The molecule has 9 nitrogen and oxygen atoms in total. The lowest BCUT2D eigenvalue weighted by Gasteiger charge is -2.24. The Labute approximate surface area is 203 Å². The van der Waals surface area contributed by atoms with E-state index in [0.717, 1.165) is 37.8 Å². The van der Waals surface area contributed by atoms with E-state index in [-0.39, 0.29) is 6.61 Å². The van der Waals surface area contributed by atoms with Crippen molar-refractivity contribution in [2.24, 2.45) is 11.7 Å². The molecule has 0 aliphatic rings. The van der Waals surface area contributed by atoms with Crippen LogP contribution >= 0.6 is 11.6 Å². The lowest BCUT2D eigenvalue weighted by molar-refractivity contribution is 0.107. The number of aromatic nitrogens is 2. The Morgan fingerprint density at radius 2 is 1.82 bits per heavy atom. The number of nitrogens with two attached hydrogens (primary N) is 2. The Bertz CT molecular complexity index is 1240. The number of carbonyl (C=O) groups is 2. The van der Waals surface area contributed by atoms with Gasteiger partial charge in [-0.05, 0) is 74.7 Å². The minimum absolute atomic E-state index is 0.200. The molecule has 1 aromatic heterocycles. The number of aryl methyl sites for hydroxylation is 3. The van der Waals surface area contributed by atoms with Gasteiger partial charge in [0.2, 0.25) is 0 Å². The van der Waals surface area contributed by atoms with Gasteiger partial charge in [-0.25, -0.2) is 21.5 Å². The van der Waals surface area contributed by atoms with E-state index in [2.05, 4.69) is 5.10 Å². The third kappa shape index (κ3) is 4.91. The van der Waals surface area contributed by atoms with E-state index in [9.17, 15) is 9.59 Å². The van der Waals surface area contributed by atoms with Gasteiger partial charge in [-0.1, -0.05) is 12.1 Å².